The van der Waals surface area contributed by atoms with Crippen molar-refractivity contribution in [1.29, 1.82) is 5.26 Å². The van der Waals surface area contributed by atoms with Crippen LogP contribution in [-0.4, -0.2) is 37.8 Å². The molecule has 0 aliphatic carbocycles. The number of fused-ring (bicyclic) bond motifs is 1. The van der Waals surface area contributed by atoms with Crippen LogP contribution in [0.15, 0.2) is 30.0 Å². The number of amides is 1. The fraction of sp³-hybridized carbons (Fsp3) is 0.368. The quantitative estimate of drug-likeness (QED) is 0.626. The van der Waals surface area contributed by atoms with Gasteiger partial charge in [0.1, 0.15) is 11.8 Å². The number of rotatable bonds is 4. The van der Waals surface area contributed by atoms with E-state index in [2.05, 4.69) is 9.97 Å². The molecule has 30 heavy (non-hydrogen) atoms. The third kappa shape index (κ3) is 3.59. The highest BCUT2D eigenvalue weighted by Crippen LogP contribution is 2.37. The van der Waals surface area contributed by atoms with Crippen molar-refractivity contribution in [2.45, 2.75) is 32.7 Å². The van der Waals surface area contributed by atoms with Crippen LogP contribution in [0.2, 0.25) is 0 Å². The minimum Gasteiger partial charge on any atom is -0.478 e. The van der Waals surface area contributed by atoms with Gasteiger partial charge in [0.25, 0.3) is 5.91 Å². The average Bonchev–Trinajstić information content (AvgIpc) is 3.30. The normalized spacial score (nSPS) is 18.7. The van der Waals surface area contributed by atoms with Gasteiger partial charge in [0.05, 0.1) is 24.0 Å². The van der Waals surface area contributed by atoms with Gasteiger partial charge >= 0.3 is 6.18 Å². The maximum absolute atomic E-state index is 13.2. The molecule has 4 heterocycles. The number of ether oxygens (including phenoxy) is 1. The predicted octanol–water partition coefficient (Wildman–Crippen LogP) is 3.50. The maximum atomic E-state index is 13.2. The molecule has 0 saturated carbocycles. The molecule has 1 aliphatic rings. The van der Waals surface area contributed by atoms with Crippen LogP contribution in [0.3, 0.4) is 0 Å². The van der Waals surface area contributed by atoms with Crippen LogP contribution in [0.1, 0.15) is 30.8 Å². The maximum Gasteiger partial charge on any atom is 0.419 e. The standard InChI is InChI=1S/C19H16F3N5O2S/c1-18(2)10-27(9-11-8-26-3-4-30-17(26)25-11)16(28)15(18)29-12-5-13(19(20,21)22)14(6-23)24-7-12/h3-5,7-8,15H,9-10H2,1-2H3/t15-/m0/s1. The lowest BCUT2D eigenvalue weighted by molar-refractivity contribution is -0.138. The Morgan fingerprint density at radius 2 is 2.20 bits per heavy atom. The Balaban J connectivity index is 1.56. The minimum atomic E-state index is -4.76. The van der Waals surface area contributed by atoms with E-state index >= 15 is 0 Å². The van der Waals surface area contributed by atoms with Crippen molar-refractivity contribution in [2.75, 3.05) is 6.54 Å². The molecule has 1 amide bonds. The van der Waals surface area contributed by atoms with Crippen LogP contribution in [0.5, 0.6) is 5.75 Å². The zero-order valence-electron chi connectivity index (χ0n) is 16.0. The number of hydrogen-bond donors (Lipinski definition) is 0. The lowest BCUT2D eigenvalue weighted by atomic mass is 9.89. The topological polar surface area (TPSA) is 83.5 Å². The van der Waals surface area contributed by atoms with E-state index in [9.17, 15) is 18.0 Å². The molecule has 3 aromatic rings. The first-order chi connectivity index (χ1) is 14.1. The molecule has 1 saturated heterocycles. The van der Waals surface area contributed by atoms with Crippen molar-refractivity contribution in [1.82, 2.24) is 19.3 Å². The summed E-state index contributed by atoms with van der Waals surface area (Å²) in [6.07, 6.45) is -1.01. The number of likely N-dealkylation sites (tertiary alicyclic amines) is 1. The van der Waals surface area contributed by atoms with Gasteiger partial charge in [-0.15, -0.1) is 11.3 Å². The number of imidazole rings is 1. The highest BCUT2D eigenvalue weighted by atomic mass is 32.1. The van der Waals surface area contributed by atoms with Gasteiger partial charge in [-0.1, -0.05) is 13.8 Å². The van der Waals surface area contributed by atoms with Crippen LogP contribution >= 0.6 is 11.3 Å². The van der Waals surface area contributed by atoms with Crippen LogP contribution in [0.25, 0.3) is 4.96 Å². The summed E-state index contributed by atoms with van der Waals surface area (Å²) in [7, 11) is 0. The van der Waals surface area contributed by atoms with E-state index in [1.807, 2.05) is 36.0 Å². The second-order valence-electron chi connectivity index (χ2n) is 7.68. The molecular weight excluding hydrogens is 419 g/mol. The Hall–Kier alpha value is -3.13. The van der Waals surface area contributed by atoms with Crippen LogP contribution in [0, 0.1) is 16.7 Å². The fourth-order valence-electron chi connectivity index (χ4n) is 3.50. The summed E-state index contributed by atoms with van der Waals surface area (Å²) in [5, 5.41) is 10.8. The van der Waals surface area contributed by atoms with Gasteiger partial charge in [-0.3, -0.25) is 9.20 Å². The first-order valence-electron chi connectivity index (χ1n) is 8.92. The van der Waals surface area contributed by atoms with E-state index in [0.29, 0.717) is 18.3 Å². The Morgan fingerprint density at radius 3 is 2.87 bits per heavy atom. The monoisotopic (exact) mass is 435 g/mol. The van der Waals surface area contributed by atoms with Crippen molar-refractivity contribution < 1.29 is 22.7 Å². The van der Waals surface area contributed by atoms with Crippen molar-refractivity contribution in [3.63, 3.8) is 0 Å². The van der Waals surface area contributed by atoms with Crippen molar-refractivity contribution in [3.05, 3.63) is 47.0 Å². The molecule has 7 nitrogen and oxygen atoms in total. The smallest absolute Gasteiger partial charge is 0.419 e. The first-order valence-corrected chi connectivity index (χ1v) is 9.80. The molecule has 0 N–H and O–H groups in total. The van der Waals surface area contributed by atoms with Crippen LogP contribution in [0.4, 0.5) is 13.2 Å². The zero-order chi connectivity index (χ0) is 21.7. The Morgan fingerprint density at radius 1 is 1.43 bits per heavy atom. The Bertz CT molecular complexity index is 1130. The Labute approximate surface area is 173 Å². The number of carbonyl (C=O) groups excluding carboxylic acids is 1. The summed E-state index contributed by atoms with van der Waals surface area (Å²) >= 11 is 1.48. The van der Waals surface area contributed by atoms with Gasteiger partial charge in [-0.05, 0) is 6.07 Å². The summed E-state index contributed by atoms with van der Waals surface area (Å²) in [6.45, 7) is 4.25. The molecular formula is C19H16F3N5O2S. The highest BCUT2D eigenvalue weighted by molar-refractivity contribution is 7.15. The number of carbonyl (C=O) groups is 1. The number of nitriles is 1. The van der Waals surface area contributed by atoms with Gasteiger partial charge in [0.15, 0.2) is 16.8 Å². The highest BCUT2D eigenvalue weighted by Gasteiger charge is 2.48. The van der Waals surface area contributed by atoms with Crippen LogP contribution < -0.4 is 4.74 Å². The number of aromatic nitrogens is 3. The number of halogens is 3. The molecule has 4 rings (SSSR count). The summed E-state index contributed by atoms with van der Waals surface area (Å²) in [4.78, 5) is 23.4. The SMILES string of the molecule is CC1(C)CN(Cc2cn3ccsc3n2)C(=O)[C@@H]1Oc1cnc(C#N)c(C(F)(F)F)c1. The number of nitrogens with zero attached hydrogens (tertiary/aromatic N) is 5. The van der Waals surface area contributed by atoms with Gasteiger partial charge in [-0.25, -0.2) is 9.97 Å². The van der Waals surface area contributed by atoms with Crippen molar-refractivity contribution in [2.24, 2.45) is 5.41 Å². The lowest BCUT2D eigenvalue weighted by Gasteiger charge is -2.24. The second kappa shape index (κ2) is 6.98. The van der Waals surface area contributed by atoms with Gasteiger partial charge in [0, 0.05) is 29.7 Å². The largest absolute Gasteiger partial charge is 0.478 e. The van der Waals surface area contributed by atoms with E-state index in [4.69, 9.17) is 10.00 Å². The minimum absolute atomic E-state index is 0.211. The molecule has 11 heteroatoms. The molecule has 0 aromatic carbocycles. The van der Waals surface area contributed by atoms with Crippen molar-refractivity contribution >= 4 is 22.2 Å². The first kappa shape index (κ1) is 20.2. The lowest BCUT2D eigenvalue weighted by Crippen LogP contribution is -2.36. The summed E-state index contributed by atoms with van der Waals surface area (Å²) in [5.41, 5.74) is -1.87. The van der Waals surface area contributed by atoms with Crippen molar-refractivity contribution in [3.8, 4) is 11.8 Å². The predicted molar refractivity (Wildman–Crippen MR) is 101 cm³/mol. The zero-order valence-corrected chi connectivity index (χ0v) is 16.8. The summed E-state index contributed by atoms with van der Waals surface area (Å²) < 4.78 is 47.1. The second-order valence-corrected chi connectivity index (χ2v) is 8.56. The molecule has 0 spiro atoms. The molecule has 0 unspecified atom stereocenters. The van der Waals surface area contributed by atoms with Gasteiger partial charge < -0.3 is 9.64 Å². The van der Waals surface area contributed by atoms with E-state index in [1.54, 1.807) is 4.90 Å². The summed E-state index contributed by atoms with van der Waals surface area (Å²) in [5.74, 6) is -0.550. The molecule has 1 fully saturated rings. The van der Waals surface area contributed by atoms with E-state index in [-0.39, 0.29) is 18.2 Å². The van der Waals surface area contributed by atoms with Crippen LogP contribution in [-0.2, 0) is 17.5 Å². The molecule has 3 aromatic heterocycles. The third-order valence-corrected chi connectivity index (χ3v) is 5.64. The molecule has 1 aliphatic heterocycles. The van der Waals surface area contributed by atoms with E-state index in [1.165, 1.54) is 17.4 Å². The average molecular weight is 435 g/mol. The number of pyridine rings is 1. The molecule has 156 valence electrons. The van der Waals surface area contributed by atoms with Gasteiger partial charge in [-0.2, -0.15) is 18.4 Å². The number of alkyl halides is 3. The molecule has 0 radical (unpaired) electrons. The molecule has 0 bridgehead atoms. The molecule has 1 atom stereocenters. The number of thiazole rings is 1. The summed E-state index contributed by atoms with van der Waals surface area (Å²) in [6, 6.07) is 2.13. The van der Waals surface area contributed by atoms with Gasteiger partial charge in [0.2, 0.25) is 0 Å². The fourth-order valence-corrected chi connectivity index (χ4v) is 4.21. The number of hydrogen-bond acceptors (Lipinski definition) is 6. The van der Waals surface area contributed by atoms with E-state index in [0.717, 1.165) is 11.2 Å². The Kier molecular flexibility index (Phi) is 4.69. The van der Waals surface area contributed by atoms with E-state index < -0.39 is 29.0 Å². The third-order valence-electron chi connectivity index (χ3n) is 4.87.